The first kappa shape index (κ1) is 17.7. The number of para-hydroxylation sites is 1. The molecule has 0 aliphatic carbocycles. The van der Waals surface area contributed by atoms with E-state index in [1.165, 1.54) is 0 Å². The van der Waals surface area contributed by atoms with Gasteiger partial charge in [-0.1, -0.05) is 32.0 Å². The van der Waals surface area contributed by atoms with Crippen molar-refractivity contribution in [1.82, 2.24) is 15.1 Å². The third kappa shape index (κ3) is 4.10. The lowest BCUT2D eigenvalue weighted by molar-refractivity contribution is 0.0856. The van der Waals surface area contributed by atoms with Crippen LogP contribution in [0.25, 0.3) is 5.69 Å². The van der Waals surface area contributed by atoms with Crippen molar-refractivity contribution in [1.29, 1.82) is 0 Å². The van der Waals surface area contributed by atoms with Crippen molar-refractivity contribution in [2.24, 2.45) is 5.92 Å². The van der Waals surface area contributed by atoms with E-state index in [4.69, 9.17) is 9.84 Å². The Hall–Kier alpha value is -2.14. The highest BCUT2D eigenvalue weighted by molar-refractivity contribution is 5.96. The molecule has 1 saturated heterocycles. The first-order valence-corrected chi connectivity index (χ1v) is 9.10. The van der Waals surface area contributed by atoms with Crippen LogP contribution >= 0.6 is 0 Å². The molecular weight excluding hydrogens is 314 g/mol. The lowest BCUT2D eigenvalue weighted by Gasteiger charge is -2.12. The number of benzene rings is 1. The fourth-order valence-electron chi connectivity index (χ4n) is 3.31. The first-order valence-electron chi connectivity index (χ1n) is 9.10. The van der Waals surface area contributed by atoms with Crippen molar-refractivity contribution in [2.75, 3.05) is 13.2 Å². The van der Waals surface area contributed by atoms with Gasteiger partial charge in [0.25, 0.3) is 5.91 Å². The standard InChI is InChI=1S/C20H27N3O2/c1-14(2)12-18-19(20(24)21-13-17-10-7-11-25-17)15(3)23(22-18)16-8-5-4-6-9-16/h4-6,8-9,14,17H,7,10-13H2,1-3H3,(H,21,24)/t17-/m0/s1. The third-order valence-corrected chi connectivity index (χ3v) is 4.53. The van der Waals surface area contributed by atoms with E-state index >= 15 is 0 Å². The minimum atomic E-state index is -0.0502. The molecule has 1 aliphatic heterocycles. The maximum absolute atomic E-state index is 12.8. The lowest BCUT2D eigenvalue weighted by Crippen LogP contribution is -2.32. The molecule has 2 heterocycles. The molecule has 2 aromatic rings. The van der Waals surface area contributed by atoms with Crippen LogP contribution in [-0.4, -0.2) is 34.9 Å². The molecule has 1 fully saturated rings. The normalized spacial score (nSPS) is 17.2. The number of nitrogens with zero attached hydrogens (tertiary/aromatic N) is 2. The molecule has 1 N–H and O–H groups in total. The lowest BCUT2D eigenvalue weighted by atomic mass is 10.0. The Labute approximate surface area is 149 Å². The molecule has 0 saturated carbocycles. The summed E-state index contributed by atoms with van der Waals surface area (Å²) in [6, 6.07) is 9.96. The average molecular weight is 341 g/mol. The van der Waals surface area contributed by atoms with Gasteiger partial charge in [-0.3, -0.25) is 4.79 Å². The summed E-state index contributed by atoms with van der Waals surface area (Å²) in [7, 11) is 0. The maximum Gasteiger partial charge on any atom is 0.255 e. The molecule has 3 rings (SSSR count). The molecule has 134 valence electrons. The Morgan fingerprint density at radius 1 is 1.36 bits per heavy atom. The van der Waals surface area contributed by atoms with Gasteiger partial charge in [-0.2, -0.15) is 5.10 Å². The molecule has 25 heavy (non-hydrogen) atoms. The van der Waals surface area contributed by atoms with Crippen molar-refractivity contribution < 1.29 is 9.53 Å². The van der Waals surface area contributed by atoms with Gasteiger partial charge in [0.05, 0.1) is 28.7 Å². The summed E-state index contributed by atoms with van der Waals surface area (Å²) in [5.74, 6) is 0.383. The van der Waals surface area contributed by atoms with E-state index < -0.39 is 0 Å². The summed E-state index contributed by atoms with van der Waals surface area (Å²) in [5.41, 5.74) is 3.42. The highest BCUT2D eigenvalue weighted by Gasteiger charge is 2.24. The van der Waals surface area contributed by atoms with Crippen molar-refractivity contribution >= 4 is 5.91 Å². The average Bonchev–Trinajstić information content (AvgIpc) is 3.21. The van der Waals surface area contributed by atoms with E-state index in [9.17, 15) is 4.79 Å². The van der Waals surface area contributed by atoms with Crippen LogP contribution < -0.4 is 5.32 Å². The van der Waals surface area contributed by atoms with Gasteiger partial charge in [0.1, 0.15) is 0 Å². The summed E-state index contributed by atoms with van der Waals surface area (Å²) < 4.78 is 7.48. The van der Waals surface area contributed by atoms with E-state index in [0.29, 0.717) is 18.0 Å². The summed E-state index contributed by atoms with van der Waals surface area (Å²) in [5, 5.41) is 7.79. The van der Waals surface area contributed by atoms with Gasteiger partial charge in [0.15, 0.2) is 0 Å². The molecule has 0 bridgehead atoms. The molecule has 0 radical (unpaired) electrons. The number of carbonyl (C=O) groups excluding carboxylic acids is 1. The van der Waals surface area contributed by atoms with Crippen LogP contribution in [0.1, 0.15) is 48.4 Å². The second-order valence-corrected chi connectivity index (χ2v) is 7.10. The molecule has 1 aromatic carbocycles. The van der Waals surface area contributed by atoms with Gasteiger partial charge >= 0.3 is 0 Å². The first-order chi connectivity index (χ1) is 12.1. The number of rotatable bonds is 6. The predicted octanol–water partition coefficient (Wildman–Crippen LogP) is 3.29. The Kier molecular flexibility index (Phi) is 5.53. The van der Waals surface area contributed by atoms with E-state index in [0.717, 1.165) is 42.9 Å². The van der Waals surface area contributed by atoms with Gasteiger partial charge in [-0.05, 0) is 44.2 Å². The number of nitrogens with one attached hydrogen (secondary N) is 1. The van der Waals surface area contributed by atoms with Crippen molar-refractivity contribution in [3.05, 3.63) is 47.3 Å². The second kappa shape index (κ2) is 7.83. The van der Waals surface area contributed by atoms with Crippen molar-refractivity contribution in [2.45, 2.75) is 46.1 Å². The zero-order valence-electron chi connectivity index (χ0n) is 15.3. The minimum absolute atomic E-state index is 0.0502. The van der Waals surface area contributed by atoms with Gasteiger partial charge in [0.2, 0.25) is 0 Å². The van der Waals surface area contributed by atoms with E-state index in [2.05, 4.69) is 19.2 Å². The quantitative estimate of drug-likeness (QED) is 0.877. The maximum atomic E-state index is 12.8. The van der Waals surface area contributed by atoms with Crippen LogP contribution in [0.5, 0.6) is 0 Å². The van der Waals surface area contributed by atoms with Gasteiger partial charge in [-0.15, -0.1) is 0 Å². The molecule has 1 aromatic heterocycles. The topological polar surface area (TPSA) is 56.1 Å². The highest BCUT2D eigenvalue weighted by atomic mass is 16.5. The van der Waals surface area contributed by atoms with Crippen LogP contribution in [0.3, 0.4) is 0 Å². The zero-order chi connectivity index (χ0) is 17.8. The fraction of sp³-hybridized carbons (Fsp3) is 0.500. The van der Waals surface area contributed by atoms with Gasteiger partial charge < -0.3 is 10.1 Å². The Balaban J connectivity index is 1.87. The number of carbonyl (C=O) groups is 1. The van der Waals surface area contributed by atoms with E-state index in [-0.39, 0.29) is 12.0 Å². The second-order valence-electron chi connectivity index (χ2n) is 7.10. The molecule has 0 unspecified atom stereocenters. The molecule has 5 heteroatoms. The number of hydrogen-bond donors (Lipinski definition) is 1. The van der Waals surface area contributed by atoms with Crippen molar-refractivity contribution in [3.63, 3.8) is 0 Å². The van der Waals surface area contributed by atoms with Gasteiger partial charge in [-0.25, -0.2) is 4.68 Å². The zero-order valence-corrected chi connectivity index (χ0v) is 15.3. The van der Waals surface area contributed by atoms with Crippen LogP contribution in [0.15, 0.2) is 30.3 Å². The molecule has 5 nitrogen and oxygen atoms in total. The Morgan fingerprint density at radius 2 is 2.12 bits per heavy atom. The van der Waals surface area contributed by atoms with Crippen LogP contribution in [0.4, 0.5) is 0 Å². The largest absolute Gasteiger partial charge is 0.376 e. The Bertz CT molecular complexity index is 716. The summed E-state index contributed by atoms with van der Waals surface area (Å²) in [6.45, 7) is 7.61. The predicted molar refractivity (Wildman–Crippen MR) is 98.2 cm³/mol. The fourth-order valence-corrected chi connectivity index (χ4v) is 3.31. The Morgan fingerprint density at radius 3 is 2.76 bits per heavy atom. The van der Waals surface area contributed by atoms with E-state index in [1.54, 1.807) is 0 Å². The van der Waals surface area contributed by atoms with Crippen molar-refractivity contribution in [3.8, 4) is 5.69 Å². The number of hydrogen-bond acceptors (Lipinski definition) is 3. The highest BCUT2D eigenvalue weighted by Crippen LogP contribution is 2.21. The van der Waals surface area contributed by atoms with E-state index in [1.807, 2.05) is 41.9 Å². The van der Waals surface area contributed by atoms with Crippen LogP contribution in [0.2, 0.25) is 0 Å². The minimum Gasteiger partial charge on any atom is -0.376 e. The monoisotopic (exact) mass is 341 g/mol. The number of amides is 1. The number of aromatic nitrogens is 2. The van der Waals surface area contributed by atoms with Crippen LogP contribution in [-0.2, 0) is 11.2 Å². The third-order valence-electron chi connectivity index (χ3n) is 4.53. The van der Waals surface area contributed by atoms with Gasteiger partial charge in [0, 0.05) is 13.2 Å². The summed E-state index contributed by atoms with van der Waals surface area (Å²) in [6.07, 6.45) is 3.01. The molecule has 1 amide bonds. The molecule has 0 spiro atoms. The smallest absolute Gasteiger partial charge is 0.255 e. The molecular formula is C20H27N3O2. The van der Waals surface area contributed by atoms with Crippen LogP contribution in [0, 0.1) is 12.8 Å². The molecule has 1 atom stereocenters. The number of ether oxygens (including phenoxy) is 1. The molecule has 1 aliphatic rings. The SMILES string of the molecule is Cc1c(C(=O)NC[C@@H]2CCCO2)c(CC(C)C)nn1-c1ccccc1. The summed E-state index contributed by atoms with van der Waals surface area (Å²) in [4.78, 5) is 12.8. The summed E-state index contributed by atoms with van der Waals surface area (Å²) >= 11 is 0.